The first-order valence-corrected chi connectivity index (χ1v) is 9.47. The molecule has 3 aromatic rings. The van der Waals surface area contributed by atoms with E-state index in [1.165, 1.54) is 12.1 Å². The van der Waals surface area contributed by atoms with Gasteiger partial charge in [0.25, 0.3) is 0 Å². The molecular formula is C19H20FN3O3S. The molecule has 0 bridgehead atoms. The molecule has 1 heterocycles. The first kappa shape index (κ1) is 19.4. The summed E-state index contributed by atoms with van der Waals surface area (Å²) in [6.07, 6.45) is 1.92. The highest BCUT2D eigenvalue weighted by Gasteiger charge is 2.19. The number of carbonyl (C=O) groups excluding carboxylic acids is 1. The van der Waals surface area contributed by atoms with Crippen LogP contribution in [-0.4, -0.2) is 29.1 Å². The van der Waals surface area contributed by atoms with Crippen LogP contribution in [-0.2, 0) is 27.5 Å². The van der Waals surface area contributed by atoms with Gasteiger partial charge in [0.2, 0.25) is 5.91 Å². The molecule has 0 spiro atoms. The lowest BCUT2D eigenvalue weighted by atomic mass is 10.0. The van der Waals surface area contributed by atoms with Crippen LogP contribution in [0.3, 0.4) is 0 Å². The molecule has 0 aliphatic rings. The molecule has 1 amide bonds. The van der Waals surface area contributed by atoms with Crippen LogP contribution in [0.4, 0.5) is 4.39 Å². The Morgan fingerprint density at radius 2 is 2.15 bits per heavy atom. The lowest BCUT2D eigenvalue weighted by Crippen LogP contribution is -2.28. The normalized spacial score (nSPS) is 12.4. The number of nitrogens with two attached hydrogens (primary N) is 1. The summed E-state index contributed by atoms with van der Waals surface area (Å²) in [4.78, 5) is 14.5. The van der Waals surface area contributed by atoms with E-state index < -0.39 is 17.3 Å². The van der Waals surface area contributed by atoms with E-state index in [1.54, 1.807) is 19.2 Å². The Morgan fingerprint density at radius 3 is 2.89 bits per heavy atom. The van der Waals surface area contributed by atoms with Crippen molar-refractivity contribution >= 4 is 28.2 Å². The lowest BCUT2D eigenvalue weighted by Gasteiger charge is -2.14. The van der Waals surface area contributed by atoms with Gasteiger partial charge in [-0.3, -0.25) is 4.79 Å². The van der Waals surface area contributed by atoms with Gasteiger partial charge in [-0.2, -0.15) is 0 Å². The highest BCUT2D eigenvalue weighted by atomic mass is 32.2. The molecule has 8 heteroatoms. The first-order valence-electron chi connectivity index (χ1n) is 8.32. The van der Waals surface area contributed by atoms with Crippen molar-refractivity contribution in [3.05, 3.63) is 54.0 Å². The quantitative estimate of drug-likeness (QED) is 0.515. The Morgan fingerprint density at radius 1 is 1.33 bits per heavy atom. The monoisotopic (exact) mass is 389 g/mol. The predicted octanol–water partition coefficient (Wildman–Crippen LogP) is 2.61. The number of primary amides is 1. The molecule has 0 fully saturated rings. The van der Waals surface area contributed by atoms with E-state index in [2.05, 4.69) is 9.71 Å². The second-order valence-corrected chi connectivity index (χ2v) is 7.29. The van der Waals surface area contributed by atoms with Gasteiger partial charge in [0.05, 0.1) is 24.5 Å². The fraction of sp³-hybridized carbons (Fsp3) is 0.211. The second-order valence-electron chi connectivity index (χ2n) is 6.03. The van der Waals surface area contributed by atoms with Crippen molar-refractivity contribution in [1.82, 2.24) is 9.71 Å². The number of amides is 1. The SMILES string of the molecule is COCc1cc(-c2c[nH]c3cc(F)ccc23)ccc1[S+]([O-])NCCC(N)=O. The predicted molar refractivity (Wildman–Crippen MR) is 103 cm³/mol. The topological polar surface area (TPSA) is 103 Å². The van der Waals surface area contributed by atoms with Crippen LogP contribution in [0.25, 0.3) is 22.0 Å². The van der Waals surface area contributed by atoms with Crippen molar-refractivity contribution < 1.29 is 18.5 Å². The van der Waals surface area contributed by atoms with Crippen LogP contribution >= 0.6 is 0 Å². The van der Waals surface area contributed by atoms with Crippen molar-refractivity contribution in [3.8, 4) is 11.1 Å². The van der Waals surface area contributed by atoms with Crippen LogP contribution in [0.1, 0.15) is 12.0 Å². The third kappa shape index (κ3) is 4.48. The highest BCUT2D eigenvalue weighted by molar-refractivity contribution is 7.89. The number of H-pyrrole nitrogens is 1. The minimum atomic E-state index is -1.49. The number of benzene rings is 2. The van der Waals surface area contributed by atoms with Crippen molar-refractivity contribution in [2.75, 3.05) is 13.7 Å². The van der Waals surface area contributed by atoms with Gasteiger partial charge in [0.15, 0.2) is 4.90 Å². The molecule has 0 saturated carbocycles. The number of hydrogen-bond donors (Lipinski definition) is 3. The third-order valence-corrected chi connectivity index (χ3v) is 5.38. The van der Waals surface area contributed by atoms with Gasteiger partial charge >= 0.3 is 0 Å². The van der Waals surface area contributed by atoms with Gasteiger partial charge in [0, 0.05) is 41.8 Å². The molecule has 0 aliphatic heterocycles. The Labute approximate surface area is 159 Å². The van der Waals surface area contributed by atoms with Gasteiger partial charge in [-0.15, -0.1) is 4.72 Å². The first-order chi connectivity index (χ1) is 13.0. The fourth-order valence-corrected chi connectivity index (χ4v) is 3.87. The molecule has 142 valence electrons. The summed E-state index contributed by atoms with van der Waals surface area (Å²) in [5, 5.41) is 0.897. The van der Waals surface area contributed by atoms with Gasteiger partial charge in [-0.1, -0.05) is 0 Å². The number of fused-ring (bicyclic) bond motifs is 1. The Balaban J connectivity index is 1.91. The van der Waals surface area contributed by atoms with E-state index in [1.807, 2.05) is 18.3 Å². The number of ether oxygens (including phenoxy) is 1. The molecule has 1 unspecified atom stereocenters. The maximum atomic E-state index is 13.4. The summed E-state index contributed by atoms with van der Waals surface area (Å²) in [7, 11) is 1.56. The third-order valence-electron chi connectivity index (χ3n) is 4.12. The number of halogens is 1. The molecular weight excluding hydrogens is 369 g/mol. The Kier molecular flexibility index (Phi) is 6.12. The fourth-order valence-electron chi connectivity index (χ4n) is 2.88. The zero-order valence-corrected chi connectivity index (χ0v) is 15.6. The summed E-state index contributed by atoms with van der Waals surface area (Å²) >= 11 is -1.49. The molecule has 0 saturated heterocycles. The van der Waals surface area contributed by atoms with Crippen LogP contribution in [0.2, 0.25) is 0 Å². The number of methoxy groups -OCH3 is 1. The van der Waals surface area contributed by atoms with E-state index in [4.69, 9.17) is 10.5 Å². The number of aromatic amines is 1. The maximum absolute atomic E-state index is 13.4. The van der Waals surface area contributed by atoms with Crippen molar-refractivity contribution in [2.45, 2.75) is 17.9 Å². The molecule has 6 nitrogen and oxygen atoms in total. The molecule has 4 N–H and O–H groups in total. The largest absolute Gasteiger partial charge is 0.593 e. The minimum Gasteiger partial charge on any atom is -0.593 e. The number of nitrogens with one attached hydrogen (secondary N) is 2. The van der Waals surface area contributed by atoms with Crippen LogP contribution in [0.15, 0.2) is 47.5 Å². The summed E-state index contributed by atoms with van der Waals surface area (Å²) in [6.45, 7) is 0.507. The summed E-state index contributed by atoms with van der Waals surface area (Å²) in [6, 6.07) is 10.1. The zero-order valence-electron chi connectivity index (χ0n) is 14.8. The van der Waals surface area contributed by atoms with E-state index in [-0.39, 0.29) is 25.4 Å². The zero-order chi connectivity index (χ0) is 19.4. The summed E-state index contributed by atoms with van der Waals surface area (Å²) in [5.41, 5.74) is 8.39. The van der Waals surface area contributed by atoms with Gasteiger partial charge < -0.3 is 20.0 Å². The van der Waals surface area contributed by atoms with Crippen molar-refractivity contribution in [1.29, 1.82) is 0 Å². The molecule has 0 radical (unpaired) electrons. The van der Waals surface area contributed by atoms with Gasteiger partial charge in [-0.25, -0.2) is 4.39 Å². The van der Waals surface area contributed by atoms with Crippen LogP contribution in [0.5, 0.6) is 0 Å². The molecule has 27 heavy (non-hydrogen) atoms. The number of carbonyl (C=O) groups is 1. The van der Waals surface area contributed by atoms with Crippen LogP contribution in [0, 0.1) is 5.82 Å². The molecule has 1 aromatic heterocycles. The van der Waals surface area contributed by atoms with Gasteiger partial charge in [0.1, 0.15) is 5.82 Å². The molecule has 0 aliphatic carbocycles. The van der Waals surface area contributed by atoms with Crippen LogP contribution < -0.4 is 10.5 Å². The van der Waals surface area contributed by atoms with Gasteiger partial charge in [-0.05, 0) is 42.0 Å². The van der Waals surface area contributed by atoms with E-state index in [9.17, 15) is 13.7 Å². The average molecular weight is 389 g/mol. The van der Waals surface area contributed by atoms with E-state index in [0.717, 1.165) is 22.1 Å². The average Bonchev–Trinajstić information content (AvgIpc) is 3.04. The summed E-state index contributed by atoms with van der Waals surface area (Å²) in [5.74, 6) is -0.758. The summed E-state index contributed by atoms with van der Waals surface area (Å²) < 4.78 is 33.9. The Hall–Kier alpha value is -2.39. The second kappa shape index (κ2) is 8.53. The van der Waals surface area contributed by atoms with Crippen molar-refractivity contribution in [2.24, 2.45) is 5.73 Å². The lowest BCUT2D eigenvalue weighted by molar-refractivity contribution is -0.117. The minimum absolute atomic E-state index is 0.106. The standard InChI is InChI=1S/C19H20FN3O3S/c1-26-11-13-8-12(2-5-18(13)27(25)23-7-6-19(21)24)16-10-22-17-9-14(20)3-4-15(16)17/h2-5,8-10,22-23H,6-7,11H2,1H3,(H2,21,24). The molecule has 3 rings (SSSR count). The van der Waals surface area contributed by atoms with Crippen molar-refractivity contribution in [3.63, 3.8) is 0 Å². The molecule has 1 atom stereocenters. The smallest absolute Gasteiger partial charge is 0.218 e. The number of aromatic nitrogens is 1. The number of hydrogen-bond acceptors (Lipinski definition) is 4. The molecule has 2 aromatic carbocycles. The highest BCUT2D eigenvalue weighted by Crippen LogP contribution is 2.31. The maximum Gasteiger partial charge on any atom is 0.218 e. The number of rotatable bonds is 8. The Bertz CT molecular complexity index is 961. The van der Waals surface area contributed by atoms with E-state index >= 15 is 0 Å². The van der Waals surface area contributed by atoms with E-state index in [0.29, 0.717) is 10.4 Å².